The molecule has 0 unspecified atom stereocenters. The van der Waals surface area contributed by atoms with Crippen molar-refractivity contribution in [3.05, 3.63) is 28.8 Å². The zero-order chi connectivity index (χ0) is 13.5. The number of fused-ring (bicyclic) bond motifs is 1. The van der Waals surface area contributed by atoms with Gasteiger partial charge >= 0.3 is 0 Å². The average molecular weight is 278 g/mol. The van der Waals surface area contributed by atoms with Crippen LogP contribution < -0.4 is 10.2 Å². The molecule has 1 spiro atoms. The average Bonchev–Trinajstić information content (AvgIpc) is 2.52. The molecule has 0 atom stereocenters. The third kappa shape index (κ3) is 2.05. The van der Waals surface area contributed by atoms with Crippen LogP contribution in [0, 0.1) is 0 Å². The van der Waals surface area contributed by atoms with Crippen LogP contribution in [0.4, 0.5) is 5.69 Å². The molecule has 4 nitrogen and oxygen atoms in total. The molecule has 2 aliphatic rings. The van der Waals surface area contributed by atoms with Crippen LogP contribution >= 0.6 is 11.6 Å². The van der Waals surface area contributed by atoms with E-state index in [0.717, 1.165) is 37.2 Å². The molecule has 100 valence electrons. The van der Waals surface area contributed by atoms with Crippen LogP contribution in [-0.2, 0) is 4.79 Å². The smallest absolute Gasteiger partial charge is 0.254 e. The molecule has 2 heterocycles. The minimum absolute atomic E-state index is 0.0753. The Morgan fingerprint density at radius 1 is 1.37 bits per heavy atom. The van der Waals surface area contributed by atoms with Gasteiger partial charge in [-0.05, 0) is 44.1 Å². The highest BCUT2D eigenvalue weighted by molar-refractivity contribution is 6.31. The summed E-state index contributed by atoms with van der Waals surface area (Å²) in [5.74, 6) is 0.0753. The summed E-state index contributed by atoms with van der Waals surface area (Å²) in [4.78, 5) is 19.0. The Hall–Kier alpha value is -1.39. The summed E-state index contributed by atoms with van der Waals surface area (Å²) in [6.07, 6.45) is 3.29. The molecular weight excluding hydrogens is 262 g/mol. The quantitative estimate of drug-likeness (QED) is 0.787. The third-order valence-electron chi connectivity index (χ3n) is 3.94. The normalized spacial score (nSPS) is 21.4. The number of piperidine rings is 1. The topological polar surface area (TPSA) is 44.7 Å². The van der Waals surface area contributed by atoms with Gasteiger partial charge in [-0.15, -0.1) is 0 Å². The molecule has 1 fully saturated rings. The molecule has 1 amide bonds. The maximum atomic E-state index is 12.7. The second-order valence-electron chi connectivity index (χ2n) is 5.11. The third-order valence-corrected chi connectivity index (χ3v) is 4.17. The summed E-state index contributed by atoms with van der Waals surface area (Å²) >= 11 is 6.02. The lowest BCUT2D eigenvalue weighted by molar-refractivity contribution is -0.124. The number of anilines is 1. The van der Waals surface area contributed by atoms with Crippen LogP contribution in [0.5, 0.6) is 0 Å². The Morgan fingerprint density at radius 3 is 2.84 bits per heavy atom. The molecule has 1 aromatic rings. The van der Waals surface area contributed by atoms with E-state index in [1.165, 1.54) is 0 Å². The molecule has 0 aliphatic carbocycles. The van der Waals surface area contributed by atoms with Crippen molar-refractivity contribution in [1.29, 1.82) is 0 Å². The molecule has 0 aromatic heterocycles. The number of carbonyl (C=O) groups is 1. The van der Waals surface area contributed by atoms with Crippen molar-refractivity contribution in [3.8, 4) is 0 Å². The Bertz CT molecular complexity index is 550. The molecule has 1 aromatic carbocycles. The second kappa shape index (κ2) is 4.62. The standard InChI is InChI=1S/C14H16ClN3O/c1-18-12-3-2-11(15)8-10(12)9-17-14(13(18)19)4-6-16-7-5-14/h2-3,8-9,16H,4-7H2,1H3. The SMILES string of the molecule is CN1C(=O)C2(CCNCC2)N=Cc2cc(Cl)ccc21. The lowest BCUT2D eigenvalue weighted by Crippen LogP contribution is -2.51. The number of aliphatic imine (C=N–C) groups is 1. The fourth-order valence-corrected chi connectivity index (χ4v) is 2.97. The fourth-order valence-electron chi connectivity index (χ4n) is 2.79. The van der Waals surface area contributed by atoms with Gasteiger partial charge < -0.3 is 10.2 Å². The maximum absolute atomic E-state index is 12.7. The Morgan fingerprint density at radius 2 is 2.11 bits per heavy atom. The van der Waals surface area contributed by atoms with Crippen LogP contribution in [0.2, 0.25) is 5.02 Å². The zero-order valence-corrected chi connectivity index (χ0v) is 11.6. The Labute approximate surface area is 117 Å². The van der Waals surface area contributed by atoms with E-state index in [-0.39, 0.29) is 5.91 Å². The predicted molar refractivity (Wildman–Crippen MR) is 77.3 cm³/mol. The van der Waals surface area contributed by atoms with E-state index in [4.69, 9.17) is 11.6 Å². The van der Waals surface area contributed by atoms with Crippen LogP contribution in [0.3, 0.4) is 0 Å². The predicted octanol–water partition coefficient (Wildman–Crippen LogP) is 1.86. The van der Waals surface area contributed by atoms with Gasteiger partial charge in [-0.1, -0.05) is 11.6 Å². The fraction of sp³-hybridized carbons (Fsp3) is 0.429. The number of hydrogen-bond donors (Lipinski definition) is 1. The molecule has 19 heavy (non-hydrogen) atoms. The largest absolute Gasteiger partial charge is 0.317 e. The number of likely N-dealkylation sites (N-methyl/N-ethyl adjacent to an activating group) is 1. The summed E-state index contributed by atoms with van der Waals surface area (Å²) in [5.41, 5.74) is 1.17. The van der Waals surface area contributed by atoms with Gasteiger partial charge in [0.15, 0.2) is 0 Å². The van der Waals surface area contributed by atoms with Crippen molar-refractivity contribution in [2.75, 3.05) is 25.0 Å². The van der Waals surface area contributed by atoms with Gasteiger partial charge in [0.05, 0.1) is 5.69 Å². The van der Waals surface area contributed by atoms with Crippen molar-refractivity contribution in [2.24, 2.45) is 4.99 Å². The number of rotatable bonds is 0. The van der Waals surface area contributed by atoms with Crippen molar-refractivity contribution in [3.63, 3.8) is 0 Å². The molecular formula is C14H16ClN3O. The monoisotopic (exact) mass is 277 g/mol. The van der Waals surface area contributed by atoms with Gasteiger partial charge in [0.2, 0.25) is 0 Å². The summed E-state index contributed by atoms with van der Waals surface area (Å²) in [5, 5.41) is 3.94. The number of hydrogen-bond acceptors (Lipinski definition) is 3. The summed E-state index contributed by atoms with van der Waals surface area (Å²) in [6.45, 7) is 1.65. The van der Waals surface area contributed by atoms with Crippen molar-refractivity contribution >= 4 is 29.4 Å². The Balaban J connectivity index is 2.08. The van der Waals surface area contributed by atoms with Crippen molar-refractivity contribution < 1.29 is 4.79 Å². The zero-order valence-electron chi connectivity index (χ0n) is 10.8. The van der Waals surface area contributed by atoms with E-state index in [0.29, 0.717) is 5.02 Å². The number of carbonyl (C=O) groups excluding carboxylic acids is 1. The Kier molecular flexibility index (Phi) is 3.07. The van der Waals surface area contributed by atoms with E-state index in [9.17, 15) is 4.79 Å². The van der Waals surface area contributed by atoms with E-state index in [1.807, 2.05) is 19.2 Å². The minimum atomic E-state index is -0.606. The van der Waals surface area contributed by atoms with Gasteiger partial charge in [0.1, 0.15) is 5.54 Å². The lowest BCUT2D eigenvalue weighted by atomic mass is 9.87. The molecule has 0 radical (unpaired) electrons. The highest BCUT2D eigenvalue weighted by Crippen LogP contribution is 2.33. The minimum Gasteiger partial charge on any atom is -0.317 e. The lowest BCUT2D eigenvalue weighted by Gasteiger charge is -2.34. The first-order valence-corrected chi connectivity index (χ1v) is 6.84. The number of nitrogens with one attached hydrogen (secondary N) is 1. The van der Waals surface area contributed by atoms with Crippen molar-refractivity contribution in [2.45, 2.75) is 18.4 Å². The van der Waals surface area contributed by atoms with E-state index in [1.54, 1.807) is 17.2 Å². The van der Waals surface area contributed by atoms with Crippen molar-refractivity contribution in [1.82, 2.24) is 5.32 Å². The first-order chi connectivity index (χ1) is 9.12. The van der Waals surface area contributed by atoms with Gasteiger partial charge in [-0.3, -0.25) is 9.79 Å². The van der Waals surface area contributed by atoms with Crippen LogP contribution in [0.15, 0.2) is 23.2 Å². The number of amides is 1. The number of nitrogens with zero attached hydrogens (tertiary/aromatic N) is 2. The van der Waals surface area contributed by atoms with E-state index < -0.39 is 5.54 Å². The van der Waals surface area contributed by atoms with E-state index in [2.05, 4.69) is 10.3 Å². The van der Waals surface area contributed by atoms with Gasteiger partial charge in [-0.25, -0.2) is 0 Å². The second-order valence-corrected chi connectivity index (χ2v) is 5.54. The van der Waals surface area contributed by atoms with Crippen LogP contribution in [0.1, 0.15) is 18.4 Å². The summed E-state index contributed by atoms with van der Waals surface area (Å²) < 4.78 is 0. The highest BCUT2D eigenvalue weighted by Gasteiger charge is 2.42. The number of halogens is 1. The maximum Gasteiger partial charge on any atom is 0.254 e. The molecule has 3 rings (SSSR count). The first-order valence-electron chi connectivity index (χ1n) is 6.46. The van der Waals surface area contributed by atoms with E-state index >= 15 is 0 Å². The van der Waals surface area contributed by atoms with Crippen LogP contribution in [0.25, 0.3) is 0 Å². The summed E-state index contributed by atoms with van der Waals surface area (Å²) in [7, 11) is 1.81. The highest BCUT2D eigenvalue weighted by atomic mass is 35.5. The van der Waals surface area contributed by atoms with Gasteiger partial charge in [-0.2, -0.15) is 0 Å². The molecule has 0 saturated carbocycles. The first kappa shape index (κ1) is 12.6. The van der Waals surface area contributed by atoms with Gasteiger partial charge in [0.25, 0.3) is 5.91 Å². The molecule has 1 N–H and O–H groups in total. The van der Waals surface area contributed by atoms with Crippen LogP contribution in [-0.4, -0.2) is 37.8 Å². The molecule has 5 heteroatoms. The molecule has 0 bridgehead atoms. The molecule has 2 aliphatic heterocycles. The summed E-state index contributed by atoms with van der Waals surface area (Å²) in [6, 6.07) is 5.53. The van der Waals surface area contributed by atoms with Gasteiger partial charge in [0, 0.05) is 23.8 Å². The number of benzene rings is 1. The molecule has 1 saturated heterocycles.